The number of halogens is 1. The Morgan fingerprint density at radius 1 is 1.58 bits per heavy atom. The lowest BCUT2D eigenvalue weighted by molar-refractivity contribution is 0.905. The third-order valence-corrected chi connectivity index (χ3v) is 2.35. The molecule has 0 aliphatic heterocycles. The Kier molecular flexibility index (Phi) is 1.94. The van der Waals surface area contributed by atoms with Gasteiger partial charge in [0.05, 0.1) is 6.20 Å². The molecule has 0 spiro atoms. The average molecular weight is 200 g/mol. The van der Waals surface area contributed by atoms with Crippen LogP contribution in [0, 0.1) is 0 Å². The molecule has 0 bridgehead atoms. The highest BCUT2D eigenvalue weighted by atomic mass is 35.5. The fourth-order valence-electron chi connectivity index (χ4n) is 1.02. The first kappa shape index (κ1) is 7.89. The molecule has 0 aromatic carbocycles. The van der Waals surface area contributed by atoms with E-state index in [1.807, 2.05) is 16.7 Å². The molecule has 0 N–H and O–H groups in total. The first-order valence-electron chi connectivity index (χ1n) is 3.35. The van der Waals surface area contributed by atoms with Crippen LogP contribution in [-0.4, -0.2) is 20.6 Å². The molecule has 0 radical (unpaired) electrons. The molecule has 0 unspecified atom stereocenters. The van der Waals surface area contributed by atoms with E-state index in [4.69, 9.17) is 11.6 Å². The van der Waals surface area contributed by atoms with Crippen molar-refractivity contribution >= 4 is 29.0 Å². The van der Waals surface area contributed by atoms with Crippen molar-refractivity contribution in [2.24, 2.45) is 0 Å². The van der Waals surface area contributed by atoms with Gasteiger partial charge in [0.15, 0.2) is 5.16 Å². The first-order valence-corrected chi connectivity index (χ1v) is 4.95. The molecule has 2 aromatic rings. The summed E-state index contributed by atoms with van der Waals surface area (Å²) < 4.78 is 1.87. The molecule has 0 atom stereocenters. The quantitative estimate of drug-likeness (QED) is 0.521. The highest BCUT2D eigenvalue weighted by molar-refractivity contribution is 7.98. The van der Waals surface area contributed by atoms with Crippen LogP contribution < -0.4 is 0 Å². The zero-order chi connectivity index (χ0) is 8.55. The second-order valence-corrected chi connectivity index (χ2v) is 3.38. The van der Waals surface area contributed by atoms with Gasteiger partial charge >= 0.3 is 0 Å². The summed E-state index contributed by atoms with van der Waals surface area (Å²) in [6.07, 6.45) is 5.45. The van der Waals surface area contributed by atoms with Crippen molar-refractivity contribution < 1.29 is 0 Å². The van der Waals surface area contributed by atoms with Crippen molar-refractivity contribution in [3.8, 4) is 0 Å². The molecule has 2 heterocycles. The van der Waals surface area contributed by atoms with E-state index < -0.39 is 0 Å². The number of fused-ring (bicyclic) bond motifs is 1. The maximum atomic E-state index is 5.74. The summed E-state index contributed by atoms with van der Waals surface area (Å²) in [7, 11) is 0. The minimum absolute atomic E-state index is 0.498. The molecule has 62 valence electrons. The third kappa shape index (κ3) is 1.17. The van der Waals surface area contributed by atoms with E-state index in [-0.39, 0.29) is 0 Å². The Balaban J connectivity index is 2.78. The Labute approximate surface area is 78.8 Å². The Morgan fingerprint density at radius 2 is 2.42 bits per heavy atom. The van der Waals surface area contributed by atoms with E-state index in [1.54, 1.807) is 24.2 Å². The van der Waals surface area contributed by atoms with Gasteiger partial charge in [-0.05, 0) is 12.3 Å². The van der Waals surface area contributed by atoms with Crippen LogP contribution in [0.15, 0.2) is 23.6 Å². The van der Waals surface area contributed by atoms with Crippen LogP contribution in [0.4, 0.5) is 0 Å². The van der Waals surface area contributed by atoms with Crippen molar-refractivity contribution in [2.75, 3.05) is 6.26 Å². The molecule has 0 saturated heterocycles. The van der Waals surface area contributed by atoms with E-state index in [0.717, 1.165) is 10.8 Å². The molecule has 0 amide bonds. The molecule has 3 nitrogen and oxygen atoms in total. The van der Waals surface area contributed by atoms with Crippen molar-refractivity contribution in [3.05, 3.63) is 23.6 Å². The lowest BCUT2D eigenvalue weighted by atomic mass is 10.6. The van der Waals surface area contributed by atoms with Crippen molar-refractivity contribution in [2.45, 2.75) is 5.16 Å². The smallest absolute Gasteiger partial charge is 0.173 e. The molecule has 0 aliphatic rings. The Morgan fingerprint density at radius 3 is 3.17 bits per heavy atom. The van der Waals surface area contributed by atoms with E-state index >= 15 is 0 Å². The monoisotopic (exact) mass is 199 g/mol. The number of thioether (sulfide) groups is 1. The normalized spacial score (nSPS) is 10.8. The molecular weight excluding hydrogens is 194 g/mol. The Hall–Kier alpha value is -0.740. The molecular formula is C7H6ClN3S. The lowest BCUT2D eigenvalue weighted by Gasteiger charge is -1.97. The predicted octanol–water partition coefficient (Wildman–Crippen LogP) is 2.10. The SMILES string of the molecule is CSc1nccc2nc(Cl)cn12. The van der Waals surface area contributed by atoms with Gasteiger partial charge < -0.3 is 0 Å². The summed E-state index contributed by atoms with van der Waals surface area (Å²) in [6.45, 7) is 0. The zero-order valence-electron chi connectivity index (χ0n) is 6.36. The van der Waals surface area contributed by atoms with Gasteiger partial charge in [-0.1, -0.05) is 23.4 Å². The summed E-state index contributed by atoms with van der Waals surface area (Å²) in [4.78, 5) is 8.26. The van der Waals surface area contributed by atoms with Gasteiger partial charge in [-0.25, -0.2) is 9.97 Å². The summed E-state index contributed by atoms with van der Waals surface area (Å²) >= 11 is 7.31. The largest absolute Gasteiger partial charge is 0.277 e. The van der Waals surface area contributed by atoms with Gasteiger partial charge in [0.1, 0.15) is 10.8 Å². The summed E-state index contributed by atoms with van der Waals surface area (Å²) in [5.41, 5.74) is 0.833. The standard InChI is InChI=1S/C7H6ClN3S/c1-12-7-9-3-2-6-10-5(8)4-11(6)7/h2-4H,1H3. The topological polar surface area (TPSA) is 30.2 Å². The van der Waals surface area contributed by atoms with Crippen LogP contribution in [0.2, 0.25) is 5.15 Å². The van der Waals surface area contributed by atoms with Crippen LogP contribution in [-0.2, 0) is 0 Å². The van der Waals surface area contributed by atoms with Crippen LogP contribution in [0.3, 0.4) is 0 Å². The van der Waals surface area contributed by atoms with E-state index in [9.17, 15) is 0 Å². The van der Waals surface area contributed by atoms with E-state index in [1.165, 1.54) is 0 Å². The highest BCUT2D eigenvalue weighted by Gasteiger charge is 2.02. The van der Waals surface area contributed by atoms with Crippen LogP contribution in [0.25, 0.3) is 5.65 Å². The predicted molar refractivity (Wildman–Crippen MR) is 49.8 cm³/mol. The number of nitrogens with zero attached hydrogens (tertiary/aromatic N) is 3. The first-order chi connectivity index (χ1) is 5.81. The molecule has 0 fully saturated rings. The third-order valence-electron chi connectivity index (χ3n) is 1.50. The van der Waals surface area contributed by atoms with Gasteiger partial charge in [0.25, 0.3) is 0 Å². The number of aromatic nitrogens is 3. The molecule has 2 aromatic heterocycles. The van der Waals surface area contributed by atoms with Crippen LogP contribution in [0.5, 0.6) is 0 Å². The van der Waals surface area contributed by atoms with E-state index in [2.05, 4.69) is 9.97 Å². The van der Waals surface area contributed by atoms with Crippen LogP contribution in [0.1, 0.15) is 0 Å². The summed E-state index contributed by atoms with van der Waals surface area (Å²) in [6, 6.07) is 1.82. The Bertz CT molecular complexity index is 412. The maximum Gasteiger partial charge on any atom is 0.173 e. The lowest BCUT2D eigenvalue weighted by Crippen LogP contribution is -1.90. The van der Waals surface area contributed by atoms with E-state index in [0.29, 0.717) is 5.15 Å². The average Bonchev–Trinajstić information content (AvgIpc) is 2.44. The van der Waals surface area contributed by atoms with Gasteiger partial charge in [-0.2, -0.15) is 0 Å². The van der Waals surface area contributed by atoms with Gasteiger partial charge in [0, 0.05) is 6.20 Å². The number of hydrogen-bond acceptors (Lipinski definition) is 3. The molecule has 5 heteroatoms. The highest BCUT2D eigenvalue weighted by Crippen LogP contribution is 2.16. The number of imidazole rings is 1. The molecule has 12 heavy (non-hydrogen) atoms. The fourth-order valence-corrected chi connectivity index (χ4v) is 1.71. The molecule has 0 aliphatic carbocycles. The number of rotatable bonds is 1. The summed E-state index contributed by atoms with van der Waals surface area (Å²) in [5.74, 6) is 0. The van der Waals surface area contributed by atoms with Crippen molar-refractivity contribution in [1.82, 2.24) is 14.4 Å². The van der Waals surface area contributed by atoms with Crippen molar-refractivity contribution in [1.29, 1.82) is 0 Å². The second-order valence-electron chi connectivity index (χ2n) is 2.22. The van der Waals surface area contributed by atoms with Crippen molar-refractivity contribution in [3.63, 3.8) is 0 Å². The maximum absolute atomic E-state index is 5.74. The van der Waals surface area contributed by atoms with Gasteiger partial charge in [-0.3, -0.25) is 4.40 Å². The fraction of sp³-hybridized carbons (Fsp3) is 0.143. The van der Waals surface area contributed by atoms with Gasteiger partial charge in [0.2, 0.25) is 0 Å². The summed E-state index contributed by atoms with van der Waals surface area (Å²) in [5, 5.41) is 1.39. The molecule has 0 saturated carbocycles. The molecule has 2 rings (SSSR count). The minimum atomic E-state index is 0.498. The second kappa shape index (κ2) is 2.95. The number of hydrogen-bond donors (Lipinski definition) is 0. The zero-order valence-corrected chi connectivity index (χ0v) is 7.93. The minimum Gasteiger partial charge on any atom is -0.277 e. The van der Waals surface area contributed by atoms with Gasteiger partial charge in [-0.15, -0.1) is 0 Å². The van der Waals surface area contributed by atoms with Crippen LogP contribution >= 0.6 is 23.4 Å².